The van der Waals surface area contributed by atoms with Crippen molar-refractivity contribution < 1.29 is 9.50 Å². The standard InChI is InChI=1S/C29H31ClFN3O/c1-3-4-9-22(17-32-20(2)29(35)14-7-8-15-29)21-12-13-27-24(16-21)28(25(30)19-33-27)34-18-23-10-5-6-11-26(23)31/h4-6,9-13,16-17,19,35H,3,7-8,14-15,18H2,1-2H3,(H,33,34)/b9-4+,22-17+,32-20?. The molecule has 0 unspecified atom stereocenters. The maximum absolute atomic E-state index is 14.2. The van der Waals surface area contributed by atoms with Crippen LogP contribution in [-0.4, -0.2) is 21.4 Å². The number of hydrogen-bond donors (Lipinski definition) is 2. The summed E-state index contributed by atoms with van der Waals surface area (Å²) in [7, 11) is 0. The lowest BCUT2D eigenvalue weighted by Crippen LogP contribution is -2.33. The molecule has 35 heavy (non-hydrogen) atoms. The number of pyridine rings is 1. The van der Waals surface area contributed by atoms with E-state index in [1.54, 1.807) is 18.3 Å². The van der Waals surface area contributed by atoms with Gasteiger partial charge in [-0.3, -0.25) is 9.98 Å². The molecule has 0 radical (unpaired) electrons. The molecule has 1 aromatic heterocycles. The van der Waals surface area contributed by atoms with E-state index < -0.39 is 5.60 Å². The number of fused-ring (bicyclic) bond motifs is 1. The van der Waals surface area contributed by atoms with Gasteiger partial charge in [-0.2, -0.15) is 0 Å². The minimum absolute atomic E-state index is 0.262. The van der Waals surface area contributed by atoms with Gasteiger partial charge in [-0.15, -0.1) is 0 Å². The van der Waals surface area contributed by atoms with E-state index in [0.29, 0.717) is 22.8 Å². The van der Waals surface area contributed by atoms with Crippen LogP contribution in [0.3, 0.4) is 0 Å². The monoisotopic (exact) mass is 491 g/mol. The highest BCUT2D eigenvalue weighted by atomic mass is 35.5. The molecule has 0 aliphatic heterocycles. The summed E-state index contributed by atoms with van der Waals surface area (Å²) in [4.78, 5) is 9.14. The van der Waals surface area contributed by atoms with Crippen molar-refractivity contribution in [3.05, 3.63) is 89.0 Å². The Morgan fingerprint density at radius 2 is 2.00 bits per heavy atom. The fourth-order valence-electron chi connectivity index (χ4n) is 4.42. The first kappa shape index (κ1) is 25.1. The summed E-state index contributed by atoms with van der Waals surface area (Å²) < 4.78 is 14.2. The third-order valence-electron chi connectivity index (χ3n) is 6.60. The van der Waals surface area contributed by atoms with Crippen LogP contribution in [0.2, 0.25) is 5.02 Å². The Morgan fingerprint density at radius 1 is 1.23 bits per heavy atom. The number of aromatic nitrogens is 1. The molecule has 0 bridgehead atoms. The summed E-state index contributed by atoms with van der Waals surface area (Å²) in [6.45, 7) is 4.28. The quantitative estimate of drug-likeness (QED) is 0.250. The largest absolute Gasteiger partial charge is 0.384 e. The number of nitrogens with one attached hydrogen (secondary N) is 1. The van der Waals surface area contributed by atoms with Crippen molar-refractivity contribution in [3.8, 4) is 0 Å². The predicted octanol–water partition coefficient (Wildman–Crippen LogP) is 7.71. The minimum Gasteiger partial charge on any atom is -0.384 e. The molecule has 2 N–H and O–H groups in total. The molecule has 182 valence electrons. The molecule has 4 rings (SSSR count). The lowest BCUT2D eigenvalue weighted by Gasteiger charge is -2.21. The summed E-state index contributed by atoms with van der Waals surface area (Å²) in [5.41, 5.74) is 3.88. The van der Waals surface area contributed by atoms with Crippen molar-refractivity contribution in [1.82, 2.24) is 4.98 Å². The Labute approximate surface area is 211 Å². The van der Waals surface area contributed by atoms with E-state index in [-0.39, 0.29) is 5.82 Å². The highest BCUT2D eigenvalue weighted by molar-refractivity contribution is 6.34. The van der Waals surface area contributed by atoms with Gasteiger partial charge < -0.3 is 10.4 Å². The zero-order valence-electron chi connectivity index (χ0n) is 20.2. The fraction of sp³-hybridized carbons (Fsp3) is 0.310. The van der Waals surface area contributed by atoms with Crippen molar-refractivity contribution in [2.24, 2.45) is 4.99 Å². The topological polar surface area (TPSA) is 57.5 Å². The number of hydrogen-bond acceptors (Lipinski definition) is 4. The van der Waals surface area contributed by atoms with Crippen LogP contribution in [0, 0.1) is 5.82 Å². The van der Waals surface area contributed by atoms with E-state index in [1.807, 2.05) is 43.5 Å². The van der Waals surface area contributed by atoms with E-state index in [1.165, 1.54) is 6.07 Å². The highest BCUT2D eigenvalue weighted by Gasteiger charge is 2.33. The predicted molar refractivity (Wildman–Crippen MR) is 144 cm³/mol. The van der Waals surface area contributed by atoms with E-state index in [9.17, 15) is 9.50 Å². The van der Waals surface area contributed by atoms with Crippen molar-refractivity contribution in [2.45, 2.75) is 58.1 Å². The SMILES string of the molecule is CC/C=C/C(=C\N=C(C)C1(O)CCCC1)c1ccc2ncc(Cl)c(NCc3ccccc3F)c2c1. The minimum atomic E-state index is -0.805. The third-order valence-corrected chi connectivity index (χ3v) is 6.89. The second kappa shape index (κ2) is 11.1. The van der Waals surface area contributed by atoms with Gasteiger partial charge in [0, 0.05) is 35.6 Å². The Hall–Kier alpha value is -3.02. The molecule has 0 spiro atoms. The van der Waals surface area contributed by atoms with Crippen molar-refractivity contribution in [1.29, 1.82) is 0 Å². The number of aliphatic hydroxyl groups is 1. The Morgan fingerprint density at radius 3 is 2.74 bits per heavy atom. The maximum atomic E-state index is 14.2. The molecule has 4 nitrogen and oxygen atoms in total. The average molecular weight is 492 g/mol. The molecule has 1 aliphatic carbocycles. The number of allylic oxidation sites excluding steroid dienone is 3. The van der Waals surface area contributed by atoms with Crippen LogP contribution < -0.4 is 5.32 Å². The molecule has 3 aromatic rings. The van der Waals surface area contributed by atoms with E-state index in [4.69, 9.17) is 11.6 Å². The zero-order valence-corrected chi connectivity index (χ0v) is 20.9. The van der Waals surface area contributed by atoms with Gasteiger partial charge in [0.2, 0.25) is 0 Å². The summed E-state index contributed by atoms with van der Waals surface area (Å²) in [6, 6.07) is 12.7. The van der Waals surface area contributed by atoms with Crippen LogP contribution in [0.1, 0.15) is 57.1 Å². The van der Waals surface area contributed by atoms with Crippen LogP contribution in [0.5, 0.6) is 0 Å². The number of halogens is 2. The third kappa shape index (κ3) is 5.80. The molecule has 1 saturated carbocycles. The van der Waals surface area contributed by atoms with Crippen LogP contribution in [0.15, 0.2) is 72.0 Å². The van der Waals surface area contributed by atoms with Gasteiger partial charge in [0.05, 0.1) is 16.2 Å². The molecule has 1 aliphatic rings. The van der Waals surface area contributed by atoms with Crippen LogP contribution in [0.4, 0.5) is 10.1 Å². The van der Waals surface area contributed by atoms with Gasteiger partial charge in [0.15, 0.2) is 0 Å². The van der Waals surface area contributed by atoms with Gasteiger partial charge >= 0.3 is 0 Å². The Balaban J connectivity index is 1.71. The maximum Gasteiger partial charge on any atom is 0.128 e. The smallest absolute Gasteiger partial charge is 0.128 e. The molecule has 6 heteroatoms. The molecular weight excluding hydrogens is 461 g/mol. The summed E-state index contributed by atoms with van der Waals surface area (Å²) in [5.74, 6) is -0.262. The van der Waals surface area contributed by atoms with Crippen LogP contribution >= 0.6 is 11.6 Å². The van der Waals surface area contributed by atoms with Gasteiger partial charge in [0.25, 0.3) is 0 Å². The summed E-state index contributed by atoms with van der Waals surface area (Å²) in [6.07, 6.45) is 12.0. The van der Waals surface area contributed by atoms with E-state index >= 15 is 0 Å². The van der Waals surface area contributed by atoms with E-state index in [2.05, 4.69) is 28.3 Å². The molecule has 2 aromatic carbocycles. The number of nitrogens with zero attached hydrogens (tertiary/aromatic N) is 2. The van der Waals surface area contributed by atoms with Gasteiger partial charge in [0.1, 0.15) is 11.4 Å². The Kier molecular flexibility index (Phi) is 7.99. The fourth-order valence-corrected chi connectivity index (χ4v) is 4.64. The molecule has 1 heterocycles. The van der Waals surface area contributed by atoms with Crippen molar-refractivity contribution >= 4 is 39.5 Å². The number of anilines is 1. The summed E-state index contributed by atoms with van der Waals surface area (Å²) in [5, 5.41) is 15.5. The molecule has 0 atom stereocenters. The average Bonchev–Trinajstić information content (AvgIpc) is 3.32. The zero-order chi connectivity index (χ0) is 24.8. The van der Waals surface area contributed by atoms with Crippen molar-refractivity contribution in [3.63, 3.8) is 0 Å². The van der Waals surface area contributed by atoms with Crippen molar-refractivity contribution in [2.75, 3.05) is 5.32 Å². The molecular formula is C29H31ClFN3O. The first-order chi connectivity index (χ1) is 16.9. The number of rotatable bonds is 8. The van der Waals surface area contributed by atoms with Gasteiger partial charge in [-0.05, 0) is 55.5 Å². The van der Waals surface area contributed by atoms with Crippen LogP contribution in [-0.2, 0) is 6.54 Å². The molecule has 0 saturated heterocycles. The lowest BCUT2D eigenvalue weighted by atomic mass is 9.97. The van der Waals surface area contributed by atoms with E-state index in [0.717, 1.165) is 59.9 Å². The lowest BCUT2D eigenvalue weighted by molar-refractivity contribution is 0.120. The highest BCUT2D eigenvalue weighted by Crippen LogP contribution is 2.34. The number of benzene rings is 2. The number of aliphatic imine (C=N–C) groups is 1. The van der Waals surface area contributed by atoms with Crippen LogP contribution in [0.25, 0.3) is 16.5 Å². The first-order valence-corrected chi connectivity index (χ1v) is 12.5. The second-order valence-electron chi connectivity index (χ2n) is 9.01. The van der Waals surface area contributed by atoms with Gasteiger partial charge in [-0.1, -0.05) is 67.8 Å². The summed E-state index contributed by atoms with van der Waals surface area (Å²) >= 11 is 6.52. The normalized spacial score (nSPS) is 16.4. The Bertz CT molecular complexity index is 1290. The molecule has 1 fully saturated rings. The second-order valence-corrected chi connectivity index (χ2v) is 9.41. The molecule has 0 amide bonds. The first-order valence-electron chi connectivity index (χ1n) is 12.1. The van der Waals surface area contributed by atoms with Gasteiger partial charge in [-0.25, -0.2) is 4.39 Å².